The van der Waals surface area contributed by atoms with Gasteiger partial charge in [-0.15, -0.1) is 0 Å². The number of hydrogen-bond donors (Lipinski definition) is 2. The summed E-state index contributed by atoms with van der Waals surface area (Å²) in [7, 11) is 0. The normalized spacial score (nSPS) is 36.1. The van der Waals surface area contributed by atoms with Crippen LogP contribution in [-0.4, -0.2) is 17.3 Å². The second-order valence-corrected chi connectivity index (χ2v) is 5.69. The predicted octanol–water partition coefficient (Wildman–Crippen LogP) is 2.78. The van der Waals surface area contributed by atoms with Gasteiger partial charge in [-0.3, -0.25) is 0 Å². The van der Waals surface area contributed by atoms with Crippen molar-refractivity contribution >= 4 is 0 Å². The van der Waals surface area contributed by atoms with E-state index in [-0.39, 0.29) is 17.8 Å². The number of hydrogen-bond acceptors (Lipinski definition) is 2. The number of benzene rings is 1. The molecule has 1 heterocycles. The summed E-state index contributed by atoms with van der Waals surface area (Å²) in [4.78, 5) is 0. The summed E-state index contributed by atoms with van der Waals surface area (Å²) < 4.78 is 13.4. The molecule has 3 rings (SSSR count). The lowest BCUT2D eigenvalue weighted by Crippen LogP contribution is -2.53. The highest BCUT2D eigenvalue weighted by molar-refractivity contribution is 5.23. The lowest BCUT2D eigenvalue weighted by molar-refractivity contribution is -0.0861. The molecule has 0 amide bonds. The van der Waals surface area contributed by atoms with Gasteiger partial charge in [-0.2, -0.15) is 0 Å². The van der Waals surface area contributed by atoms with E-state index in [1.54, 1.807) is 12.1 Å². The second-order valence-electron chi connectivity index (χ2n) is 5.69. The molecule has 1 aromatic rings. The maximum Gasteiger partial charge on any atom is 0.123 e. The minimum atomic E-state index is -0.541. The van der Waals surface area contributed by atoms with Gasteiger partial charge in [0.2, 0.25) is 0 Å². The smallest absolute Gasteiger partial charge is 0.123 e. The Morgan fingerprint density at radius 1 is 1.28 bits per heavy atom. The minimum absolute atomic E-state index is 0.0970. The molecular weight excluding hydrogens is 229 g/mol. The van der Waals surface area contributed by atoms with Crippen LogP contribution < -0.4 is 5.32 Å². The molecule has 1 saturated heterocycles. The summed E-state index contributed by atoms with van der Waals surface area (Å²) in [6.45, 7) is 0.814. The van der Waals surface area contributed by atoms with Crippen molar-refractivity contribution in [3.05, 3.63) is 35.6 Å². The topological polar surface area (TPSA) is 32.3 Å². The number of fused-ring (bicyclic) bond motifs is 1. The van der Waals surface area contributed by atoms with Gasteiger partial charge < -0.3 is 10.4 Å². The Morgan fingerprint density at radius 3 is 3.00 bits per heavy atom. The van der Waals surface area contributed by atoms with Crippen molar-refractivity contribution in [2.75, 3.05) is 6.54 Å². The Kier molecular flexibility index (Phi) is 3.12. The van der Waals surface area contributed by atoms with E-state index in [4.69, 9.17) is 0 Å². The van der Waals surface area contributed by atoms with Gasteiger partial charge in [0, 0.05) is 12.0 Å². The van der Waals surface area contributed by atoms with Crippen LogP contribution in [0.15, 0.2) is 24.3 Å². The zero-order chi connectivity index (χ0) is 12.6. The van der Waals surface area contributed by atoms with Crippen molar-refractivity contribution in [1.29, 1.82) is 0 Å². The summed E-state index contributed by atoms with van der Waals surface area (Å²) in [6, 6.07) is 6.88. The number of rotatable bonds is 1. The molecule has 1 aliphatic carbocycles. The molecule has 3 atom stereocenters. The Labute approximate surface area is 107 Å². The fourth-order valence-corrected chi connectivity index (χ4v) is 3.67. The third kappa shape index (κ3) is 2.06. The van der Waals surface area contributed by atoms with Gasteiger partial charge in [-0.05, 0) is 43.5 Å². The highest BCUT2D eigenvalue weighted by atomic mass is 19.1. The van der Waals surface area contributed by atoms with Crippen LogP contribution in [0.2, 0.25) is 0 Å². The van der Waals surface area contributed by atoms with Gasteiger partial charge in [0.05, 0.1) is 5.60 Å². The molecule has 2 N–H and O–H groups in total. The molecular formula is C15H20FNO. The van der Waals surface area contributed by atoms with Gasteiger partial charge in [0.1, 0.15) is 5.82 Å². The number of piperidine rings is 1. The Hall–Kier alpha value is -0.930. The first-order valence-electron chi connectivity index (χ1n) is 6.90. The summed E-state index contributed by atoms with van der Waals surface area (Å²) in [5, 5.41) is 14.2. The minimum Gasteiger partial charge on any atom is -0.389 e. The van der Waals surface area contributed by atoms with Crippen LogP contribution in [0.25, 0.3) is 0 Å². The lowest BCUT2D eigenvalue weighted by atomic mass is 9.67. The molecule has 98 valence electrons. The lowest BCUT2D eigenvalue weighted by Gasteiger charge is -2.48. The summed E-state index contributed by atoms with van der Waals surface area (Å²) in [5.74, 6) is 0.0287. The maximum atomic E-state index is 13.4. The first-order chi connectivity index (χ1) is 8.69. The van der Waals surface area contributed by atoms with Crippen LogP contribution in [0.1, 0.15) is 43.7 Å². The largest absolute Gasteiger partial charge is 0.389 e. The molecule has 0 radical (unpaired) electrons. The van der Waals surface area contributed by atoms with Crippen molar-refractivity contribution in [3.8, 4) is 0 Å². The first-order valence-corrected chi connectivity index (χ1v) is 6.90. The predicted molar refractivity (Wildman–Crippen MR) is 68.7 cm³/mol. The van der Waals surface area contributed by atoms with Crippen molar-refractivity contribution in [2.24, 2.45) is 5.92 Å². The Morgan fingerprint density at radius 2 is 2.17 bits per heavy atom. The van der Waals surface area contributed by atoms with Crippen LogP contribution in [0.3, 0.4) is 0 Å². The van der Waals surface area contributed by atoms with Crippen LogP contribution in [0, 0.1) is 11.7 Å². The fourth-order valence-electron chi connectivity index (χ4n) is 3.67. The van der Waals surface area contributed by atoms with Crippen LogP contribution >= 0.6 is 0 Å². The van der Waals surface area contributed by atoms with Crippen LogP contribution in [0.4, 0.5) is 4.39 Å². The first kappa shape index (κ1) is 12.1. The molecule has 1 saturated carbocycles. The average Bonchev–Trinajstić information content (AvgIpc) is 2.37. The number of halogens is 1. The third-order valence-electron chi connectivity index (χ3n) is 4.60. The molecule has 2 nitrogen and oxygen atoms in total. The van der Waals surface area contributed by atoms with Crippen LogP contribution in [0.5, 0.6) is 0 Å². The highest BCUT2D eigenvalue weighted by Gasteiger charge is 2.45. The van der Waals surface area contributed by atoms with E-state index < -0.39 is 5.60 Å². The monoisotopic (exact) mass is 249 g/mol. The molecule has 3 unspecified atom stereocenters. The Bertz CT molecular complexity index is 432. The standard InChI is InChI=1S/C15H20FNO/c16-12-5-3-4-11(10-12)14-13-6-1-2-7-15(13,18)8-9-17-14/h3-5,10,13-14,17-18H,1-2,6-9H2. The zero-order valence-corrected chi connectivity index (χ0v) is 10.5. The van der Waals surface area contributed by atoms with Gasteiger partial charge in [0.15, 0.2) is 0 Å². The summed E-state index contributed by atoms with van der Waals surface area (Å²) in [6.07, 6.45) is 5.03. The maximum absolute atomic E-state index is 13.4. The molecule has 0 spiro atoms. The van der Waals surface area contributed by atoms with E-state index in [9.17, 15) is 9.50 Å². The van der Waals surface area contributed by atoms with E-state index in [1.807, 2.05) is 6.07 Å². The van der Waals surface area contributed by atoms with Crippen LogP contribution in [-0.2, 0) is 0 Å². The van der Waals surface area contributed by atoms with E-state index >= 15 is 0 Å². The molecule has 3 heteroatoms. The second kappa shape index (κ2) is 4.63. The molecule has 1 aromatic carbocycles. The molecule has 0 aromatic heterocycles. The van der Waals surface area contributed by atoms with Gasteiger partial charge in [-0.1, -0.05) is 25.0 Å². The van der Waals surface area contributed by atoms with Crippen molar-refractivity contribution in [1.82, 2.24) is 5.32 Å². The molecule has 2 aliphatic rings. The quantitative estimate of drug-likeness (QED) is 0.802. The number of aliphatic hydroxyl groups is 1. The van der Waals surface area contributed by atoms with E-state index in [1.165, 1.54) is 12.5 Å². The van der Waals surface area contributed by atoms with E-state index in [0.717, 1.165) is 37.8 Å². The van der Waals surface area contributed by atoms with E-state index in [2.05, 4.69) is 5.32 Å². The van der Waals surface area contributed by atoms with Crippen molar-refractivity contribution in [3.63, 3.8) is 0 Å². The zero-order valence-electron chi connectivity index (χ0n) is 10.5. The van der Waals surface area contributed by atoms with Gasteiger partial charge >= 0.3 is 0 Å². The number of nitrogens with one attached hydrogen (secondary N) is 1. The molecule has 18 heavy (non-hydrogen) atoms. The SMILES string of the molecule is OC12CCCCC1C(c1cccc(F)c1)NCC2. The molecule has 1 aliphatic heterocycles. The summed E-state index contributed by atoms with van der Waals surface area (Å²) in [5.41, 5.74) is 0.431. The van der Waals surface area contributed by atoms with Gasteiger partial charge in [0.25, 0.3) is 0 Å². The molecule has 0 bridgehead atoms. The highest BCUT2D eigenvalue weighted by Crippen LogP contribution is 2.45. The van der Waals surface area contributed by atoms with Gasteiger partial charge in [-0.25, -0.2) is 4.39 Å². The fraction of sp³-hybridized carbons (Fsp3) is 0.600. The van der Waals surface area contributed by atoms with Crippen molar-refractivity contribution in [2.45, 2.75) is 43.7 Å². The van der Waals surface area contributed by atoms with Crippen molar-refractivity contribution < 1.29 is 9.50 Å². The summed E-state index contributed by atoms with van der Waals surface area (Å²) >= 11 is 0. The average molecular weight is 249 g/mol. The third-order valence-corrected chi connectivity index (χ3v) is 4.60. The Balaban J connectivity index is 1.91. The molecule has 2 fully saturated rings. The van der Waals surface area contributed by atoms with E-state index in [0.29, 0.717) is 0 Å².